The van der Waals surface area contributed by atoms with Gasteiger partial charge in [-0.2, -0.15) is 0 Å². The van der Waals surface area contributed by atoms with Crippen LogP contribution in [0.1, 0.15) is 188 Å². The Bertz CT molecular complexity index is 3210. The fourth-order valence-corrected chi connectivity index (χ4v) is 11.7. The molecule has 1 spiro atoms. The van der Waals surface area contributed by atoms with Crippen LogP contribution < -0.4 is 309 Å². The van der Waals surface area contributed by atoms with Crippen LogP contribution in [0.4, 0.5) is 5.69 Å². The minimum absolute atomic E-state index is 0. The van der Waals surface area contributed by atoms with Crippen LogP contribution in [-0.2, 0) is 72.7 Å². The molecule has 0 aromatic heterocycles. The summed E-state index contributed by atoms with van der Waals surface area (Å²) in [4.78, 5) is 176. The Kier molecular flexibility index (Phi) is 51.6. The Hall–Kier alpha value is -2.36. The summed E-state index contributed by atoms with van der Waals surface area (Å²) in [6, 6.07) is 12.6. The average Bonchev–Trinajstić information content (AvgIpc) is 1.48. The Labute approximate surface area is 763 Å². The number of hydrogen-bond acceptors (Lipinski definition) is 26. The Morgan fingerprint density at radius 2 is 0.667 bits per heavy atom. The van der Waals surface area contributed by atoms with Crippen molar-refractivity contribution in [1.29, 1.82) is 0 Å². The summed E-state index contributed by atoms with van der Waals surface area (Å²) in [5.74, 6) is -18.5. The molecule has 31 nitrogen and oxygen atoms in total. The first-order chi connectivity index (χ1) is 44.1. The first kappa shape index (κ1) is 106. The number of carbonyl (C=O) groups is 14. The number of aliphatic carboxylic acids is 8. The first-order valence-electron chi connectivity index (χ1n) is 29.9. The van der Waals surface area contributed by atoms with E-state index in [4.69, 9.17) is 9.47 Å². The maximum absolute atomic E-state index is 14.2. The molecule has 7 N–H and O–H groups in total. The number of phenolic OH excluding ortho intramolecular Hbond substituents is 2. The maximum Gasteiger partial charge on any atom is 1.00 e. The summed E-state index contributed by atoms with van der Waals surface area (Å²) in [5.41, 5.74) is -7.38. The zero-order chi connectivity index (χ0) is 69.8. The number of benzene rings is 3. The quantitative estimate of drug-likeness (QED) is 0.0205. The SMILES string of the molecule is CC(CCC(=O)NC(CCC(=O)[O-])(CCC(=O)[O-])CCC(=O)[O-])(CCC(=O)NC(CCC(=O)[O-])(CCC(=O)[O-])CCC(=O)[O-])CCC(=O)NC(CCC(=O)[O-])(CCC(=O)[O-])CCC(=O)NCC(=O)Nc1ccc2c(c1)C(=O)OC21c2ccc(O)cc2Oc2cc(O)ccc21.[Na+].[Na+].[Na+].[Na+].[Na+].[Na+].[Na+].[Na+]. The predicted molar refractivity (Wildman–Crippen MR) is 301 cm³/mol. The molecule has 0 unspecified atom stereocenters. The standard InChI is InChI=1S/C63H77N5O26.8Na/c1-59(21-9-47(73)67-61(26-14-52(80)81,27-15-53(82)83)28-16-54(84)85,22-10-48(74)68-62(29-17-55(86)87,30-18-56(88)89)31-19-57(90)91)20-8-46(72)66-60(24-12-50(76)77,25-13-51(78)79)23-11-45(71)64-35-49(75)65-36-2-5-40-39(32-36)58(92)94-63(40)41-6-3-37(69)33-43(41)93-44-34-38(70)4-7-42(44)63;;;;;;;;/h2-7,32-34,69-70H,8-31,35H2,1H3,(H,64,71)(H,65,75)(H,66,72)(H,67,73)(H,68,74)(H,76,77)(H,78,79)(H,80,81)(H,82,83)(H,84,85)(H,86,87)(H,88,89)(H,90,91);;;;;;;;/q;8*+1/p-8. The average molecular weight is 1500 g/mol. The van der Waals surface area contributed by atoms with Gasteiger partial charge in [-0.15, -0.1) is 0 Å². The van der Waals surface area contributed by atoms with Crippen molar-refractivity contribution in [3.05, 3.63) is 76.9 Å². The zero-order valence-electron chi connectivity index (χ0n) is 59.1. The molecule has 0 aliphatic carbocycles. The van der Waals surface area contributed by atoms with Crippen LogP contribution >= 0.6 is 0 Å². The smallest absolute Gasteiger partial charge is 0.550 e. The number of phenols is 2. The van der Waals surface area contributed by atoms with Gasteiger partial charge < -0.3 is 125 Å². The molecule has 2 aliphatic rings. The van der Waals surface area contributed by atoms with E-state index in [1.807, 2.05) is 0 Å². The van der Waals surface area contributed by atoms with E-state index in [0.29, 0.717) is 16.7 Å². The van der Waals surface area contributed by atoms with E-state index in [0.717, 1.165) is 0 Å². The van der Waals surface area contributed by atoms with Gasteiger partial charge in [0.25, 0.3) is 0 Å². The van der Waals surface area contributed by atoms with Crippen LogP contribution in [0.5, 0.6) is 23.0 Å². The van der Waals surface area contributed by atoms with E-state index in [1.54, 1.807) is 0 Å². The molecule has 510 valence electrons. The second-order valence-corrected chi connectivity index (χ2v) is 23.9. The van der Waals surface area contributed by atoms with Gasteiger partial charge in [-0.3, -0.25) is 24.0 Å². The summed E-state index contributed by atoms with van der Waals surface area (Å²) < 4.78 is 12.0. The summed E-state index contributed by atoms with van der Waals surface area (Å²) in [7, 11) is 0. The number of carboxylic acids is 8. The number of esters is 1. The van der Waals surface area contributed by atoms with Crippen LogP contribution in [-0.4, -0.2) is 117 Å². The topological polar surface area (TPSA) is 543 Å². The van der Waals surface area contributed by atoms with Crippen LogP contribution in [0.25, 0.3) is 0 Å². The molecule has 3 aromatic carbocycles. The van der Waals surface area contributed by atoms with Crippen molar-refractivity contribution >= 4 is 88.9 Å². The molecule has 39 heteroatoms. The van der Waals surface area contributed by atoms with E-state index in [9.17, 15) is 118 Å². The van der Waals surface area contributed by atoms with Crippen molar-refractivity contribution in [2.45, 2.75) is 183 Å². The van der Waals surface area contributed by atoms with Gasteiger partial charge in [0, 0.05) is 125 Å². The number of carbonyl (C=O) groups excluding carboxylic acids is 14. The molecule has 2 heterocycles. The second kappa shape index (κ2) is 49.6. The molecule has 5 amide bonds. The number of rotatable bonds is 42. The first-order valence-corrected chi connectivity index (χ1v) is 29.9. The van der Waals surface area contributed by atoms with Crippen molar-refractivity contribution in [3.63, 3.8) is 0 Å². The van der Waals surface area contributed by atoms with Crippen LogP contribution in [0.15, 0.2) is 54.6 Å². The number of amides is 5. The van der Waals surface area contributed by atoms with Gasteiger partial charge in [0.05, 0.1) is 12.1 Å². The van der Waals surface area contributed by atoms with Crippen molar-refractivity contribution in [2.75, 3.05) is 11.9 Å². The molecular weight excluding hydrogens is 1430 g/mol. The summed E-state index contributed by atoms with van der Waals surface area (Å²) in [5, 5.41) is 126. The summed E-state index contributed by atoms with van der Waals surface area (Å²) in [6.07, 6.45) is -14.1. The fraction of sp³-hybridized carbons (Fsp3) is 0.492. The van der Waals surface area contributed by atoms with E-state index in [2.05, 4.69) is 26.6 Å². The van der Waals surface area contributed by atoms with Gasteiger partial charge in [0.2, 0.25) is 29.5 Å². The van der Waals surface area contributed by atoms with Crippen LogP contribution in [0.2, 0.25) is 0 Å². The molecular formula is C63H69N5Na8O26. The number of ether oxygens (including phenoxy) is 2. The number of anilines is 1. The second-order valence-electron chi connectivity index (χ2n) is 23.9. The Morgan fingerprint density at radius 1 is 0.382 bits per heavy atom. The molecule has 0 bridgehead atoms. The Balaban J connectivity index is -0.00000600. The molecule has 2 aliphatic heterocycles. The molecule has 0 saturated heterocycles. The summed E-state index contributed by atoms with van der Waals surface area (Å²) >= 11 is 0. The van der Waals surface area contributed by atoms with Gasteiger partial charge >= 0.3 is 242 Å². The number of hydrogen-bond donors (Lipinski definition) is 7. The fourth-order valence-electron chi connectivity index (χ4n) is 11.7. The molecule has 0 atom stereocenters. The van der Waals surface area contributed by atoms with E-state index >= 15 is 0 Å². The van der Waals surface area contributed by atoms with Crippen molar-refractivity contribution < 1.29 is 364 Å². The molecule has 0 fully saturated rings. The third-order valence-corrected chi connectivity index (χ3v) is 16.9. The van der Waals surface area contributed by atoms with Gasteiger partial charge in [0.1, 0.15) is 23.0 Å². The van der Waals surface area contributed by atoms with Crippen molar-refractivity contribution in [3.8, 4) is 23.0 Å². The number of carboxylic acid groups (broad SMARTS) is 8. The Morgan fingerprint density at radius 3 is 0.971 bits per heavy atom. The van der Waals surface area contributed by atoms with Crippen molar-refractivity contribution in [1.82, 2.24) is 21.3 Å². The predicted octanol–water partition coefficient (Wildman–Crippen LogP) is -29.3. The van der Waals surface area contributed by atoms with Gasteiger partial charge in [-0.05, 0) is 170 Å². The number of aromatic hydroxyl groups is 2. The van der Waals surface area contributed by atoms with Crippen molar-refractivity contribution in [2.24, 2.45) is 5.41 Å². The minimum atomic E-state index is -1.84. The molecule has 0 radical (unpaired) electrons. The van der Waals surface area contributed by atoms with Gasteiger partial charge in [-0.1, -0.05) is 13.0 Å². The monoisotopic (exact) mass is 1500 g/mol. The summed E-state index contributed by atoms with van der Waals surface area (Å²) in [6.45, 7) is 0.772. The molecule has 5 rings (SSSR count). The third kappa shape index (κ3) is 34.1. The van der Waals surface area contributed by atoms with Crippen LogP contribution in [0, 0.1) is 5.41 Å². The maximum atomic E-state index is 14.2. The van der Waals surface area contributed by atoms with E-state index in [1.165, 1.54) is 61.5 Å². The van der Waals surface area contributed by atoms with E-state index < -0.39 is 252 Å². The van der Waals surface area contributed by atoms with Gasteiger partial charge in [0.15, 0.2) is 5.60 Å². The molecule has 3 aromatic rings. The molecule has 0 saturated carbocycles. The van der Waals surface area contributed by atoms with Gasteiger partial charge in [-0.25, -0.2) is 4.79 Å². The normalized spacial score (nSPS) is 11.9. The number of fused-ring (bicyclic) bond motifs is 6. The third-order valence-electron chi connectivity index (χ3n) is 16.9. The largest absolute Gasteiger partial charge is 1.00 e. The zero-order valence-corrected chi connectivity index (χ0v) is 75.1. The van der Waals surface area contributed by atoms with Crippen LogP contribution in [0.3, 0.4) is 0 Å². The van der Waals surface area contributed by atoms with E-state index in [-0.39, 0.29) is 290 Å². The number of nitrogens with one attached hydrogen (secondary N) is 5. The molecule has 102 heavy (non-hydrogen) atoms. The minimum Gasteiger partial charge on any atom is -0.550 e.